The normalized spacial score (nSPS) is 10.8. The Hall–Kier alpha value is -2.04. The van der Waals surface area contributed by atoms with Crippen molar-refractivity contribution < 1.29 is 4.79 Å². The Bertz CT molecular complexity index is 518. The van der Waals surface area contributed by atoms with Crippen molar-refractivity contribution in [1.82, 2.24) is 15.3 Å². The summed E-state index contributed by atoms with van der Waals surface area (Å²) >= 11 is 0. The number of fused-ring (bicyclic) bond motifs is 1. The van der Waals surface area contributed by atoms with Gasteiger partial charge in [-0.15, -0.1) is 0 Å². The van der Waals surface area contributed by atoms with Crippen molar-refractivity contribution in [3.8, 4) is 0 Å². The zero-order valence-corrected chi connectivity index (χ0v) is 9.95. The van der Waals surface area contributed by atoms with Crippen LogP contribution < -0.4 is 10.6 Å². The van der Waals surface area contributed by atoms with Crippen molar-refractivity contribution in [3.63, 3.8) is 0 Å². The van der Waals surface area contributed by atoms with Crippen molar-refractivity contribution in [2.75, 3.05) is 11.9 Å². The Balaban J connectivity index is 2.00. The second-order valence-electron chi connectivity index (χ2n) is 4.36. The number of rotatable bonds is 3. The van der Waals surface area contributed by atoms with E-state index in [-0.39, 0.29) is 6.03 Å². The summed E-state index contributed by atoms with van der Waals surface area (Å²) in [5, 5.41) is 5.58. The maximum absolute atomic E-state index is 11.5. The summed E-state index contributed by atoms with van der Waals surface area (Å²) in [6, 6.07) is 5.37. The SMILES string of the molecule is CC(C)CNC(=O)Nc1ccc2nc[nH]c2c1. The number of imidazole rings is 1. The molecule has 1 aromatic carbocycles. The number of aromatic amines is 1. The molecule has 0 aliphatic rings. The number of carbonyl (C=O) groups excluding carboxylic acids is 1. The fourth-order valence-corrected chi connectivity index (χ4v) is 1.49. The third kappa shape index (κ3) is 2.96. The van der Waals surface area contributed by atoms with Crippen LogP contribution in [0.1, 0.15) is 13.8 Å². The molecule has 0 unspecified atom stereocenters. The van der Waals surface area contributed by atoms with Crippen LogP contribution in [0.2, 0.25) is 0 Å². The van der Waals surface area contributed by atoms with E-state index < -0.39 is 0 Å². The minimum Gasteiger partial charge on any atom is -0.345 e. The van der Waals surface area contributed by atoms with Crippen LogP contribution in [0.15, 0.2) is 24.5 Å². The summed E-state index contributed by atoms with van der Waals surface area (Å²) in [5.41, 5.74) is 2.55. The molecule has 1 heterocycles. The maximum atomic E-state index is 11.5. The lowest BCUT2D eigenvalue weighted by atomic mass is 10.2. The third-order valence-electron chi connectivity index (χ3n) is 2.35. The van der Waals surface area contributed by atoms with E-state index in [2.05, 4.69) is 34.4 Å². The molecule has 0 fully saturated rings. The highest BCUT2D eigenvalue weighted by Crippen LogP contribution is 2.15. The fourth-order valence-electron chi connectivity index (χ4n) is 1.49. The van der Waals surface area contributed by atoms with Crippen molar-refractivity contribution in [2.45, 2.75) is 13.8 Å². The van der Waals surface area contributed by atoms with E-state index in [0.29, 0.717) is 12.5 Å². The van der Waals surface area contributed by atoms with Gasteiger partial charge in [0.1, 0.15) is 0 Å². The highest BCUT2D eigenvalue weighted by Gasteiger charge is 2.03. The Morgan fingerprint density at radius 1 is 1.47 bits per heavy atom. The zero-order valence-electron chi connectivity index (χ0n) is 9.95. The number of anilines is 1. The molecule has 0 saturated heterocycles. The topological polar surface area (TPSA) is 69.8 Å². The maximum Gasteiger partial charge on any atom is 0.319 e. The second kappa shape index (κ2) is 4.86. The molecule has 0 aliphatic carbocycles. The monoisotopic (exact) mass is 232 g/mol. The molecule has 3 N–H and O–H groups in total. The standard InChI is InChI=1S/C12H16N4O/c1-8(2)6-13-12(17)16-9-3-4-10-11(5-9)15-7-14-10/h3-5,7-8H,6H2,1-2H3,(H,14,15)(H2,13,16,17). The quantitative estimate of drug-likeness (QED) is 0.760. The van der Waals surface area contributed by atoms with Gasteiger partial charge in [0.15, 0.2) is 0 Å². The van der Waals surface area contributed by atoms with E-state index in [1.165, 1.54) is 0 Å². The van der Waals surface area contributed by atoms with Crippen LogP contribution >= 0.6 is 0 Å². The summed E-state index contributed by atoms with van der Waals surface area (Å²) in [6.07, 6.45) is 1.63. The first-order chi connectivity index (χ1) is 8.15. The summed E-state index contributed by atoms with van der Waals surface area (Å²) < 4.78 is 0. The van der Waals surface area contributed by atoms with Gasteiger partial charge >= 0.3 is 6.03 Å². The van der Waals surface area contributed by atoms with Crippen molar-refractivity contribution in [2.24, 2.45) is 5.92 Å². The number of benzene rings is 1. The number of nitrogens with one attached hydrogen (secondary N) is 3. The van der Waals surface area contributed by atoms with Crippen LogP contribution in [-0.4, -0.2) is 22.5 Å². The summed E-state index contributed by atoms with van der Waals surface area (Å²) in [6.45, 7) is 4.77. The van der Waals surface area contributed by atoms with Gasteiger partial charge in [0, 0.05) is 12.2 Å². The highest BCUT2D eigenvalue weighted by atomic mass is 16.2. The number of hydrogen-bond donors (Lipinski definition) is 3. The van der Waals surface area contributed by atoms with Gasteiger partial charge in [-0.2, -0.15) is 0 Å². The lowest BCUT2D eigenvalue weighted by molar-refractivity contribution is 0.251. The molecule has 2 rings (SSSR count). The number of hydrogen-bond acceptors (Lipinski definition) is 2. The highest BCUT2D eigenvalue weighted by molar-refractivity contribution is 5.91. The van der Waals surface area contributed by atoms with Crippen LogP contribution in [0.5, 0.6) is 0 Å². The summed E-state index contributed by atoms with van der Waals surface area (Å²) in [5.74, 6) is 0.441. The van der Waals surface area contributed by atoms with Gasteiger partial charge in [0.05, 0.1) is 17.4 Å². The van der Waals surface area contributed by atoms with Crippen LogP contribution in [0, 0.1) is 5.92 Å². The molecule has 90 valence electrons. The largest absolute Gasteiger partial charge is 0.345 e. The molecule has 0 radical (unpaired) electrons. The van der Waals surface area contributed by atoms with Crippen molar-refractivity contribution >= 4 is 22.8 Å². The Labute approximate surface area is 99.6 Å². The van der Waals surface area contributed by atoms with Crippen LogP contribution in [0.3, 0.4) is 0 Å². The predicted octanol–water partition coefficient (Wildman–Crippen LogP) is 2.34. The lowest BCUT2D eigenvalue weighted by Crippen LogP contribution is -2.31. The smallest absolute Gasteiger partial charge is 0.319 e. The van der Waals surface area contributed by atoms with E-state index in [4.69, 9.17) is 0 Å². The number of H-pyrrole nitrogens is 1. The van der Waals surface area contributed by atoms with Gasteiger partial charge in [0.2, 0.25) is 0 Å². The van der Waals surface area contributed by atoms with Crippen LogP contribution in [-0.2, 0) is 0 Å². The molecule has 2 amide bonds. The van der Waals surface area contributed by atoms with Gasteiger partial charge in [-0.3, -0.25) is 0 Å². The van der Waals surface area contributed by atoms with Gasteiger partial charge in [-0.25, -0.2) is 9.78 Å². The van der Waals surface area contributed by atoms with E-state index in [9.17, 15) is 4.79 Å². The minimum absolute atomic E-state index is 0.183. The number of nitrogens with zero attached hydrogens (tertiary/aromatic N) is 1. The lowest BCUT2D eigenvalue weighted by Gasteiger charge is -2.09. The van der Waals surface area contributed by atoms with Gasteiger partial charge in [-0.1, -0.05) is 13.8 Å². The van der Waals surface area contributed by atoms with Crippen LogP contribution in [0.4, 0.5) is 10.5 Å². The van der Waals surface area contributed by atoms with Crippen molar-refractivity contribution in [1.29, 1.82) is 0 Å². The molecular weight excluding hydrogens is 216 g/mol. The summed E-state index contributed by atoms with van der Waals surface area (Å²) in [4.78, 5) is 18.7. The first-order valence-corrected chi connectivity index (χ1v) is 5.63. The molecular formula is C12H16N4O. The average molecular weight is 232 g/mol. The summed E-state index contributed by atoms with van der Waals surface area (Å²) in [7, 11) is 0. The van der Waals surface area contributed by atoms with E-state index in [1.807, 2.05) is 18.2 Å². The predicted molar refractivity (Wildman–Crippen MR) is 68.0 cm³/mol. The fraction of sp³-hybridized carbons (Fsp3) is 0.333. The number of aromatic nitrogens is 2. The minimum atomic E-state index is -0.183. The van der Waals surface area contributed by atoms with E-state index in [0.717, 1.165) is 16.7 Å². The van der Waals surface area contributed by atoms with E-state index >= 15 is 0 Å². The first-order valence-electron chi connectivity index (χ1n) is 5.63. The molecule has 0 spiro atoms. The average Bonchev–Trinajstić information content (AvgIpc) is 2.73. The molecule has 5 heteroatoms. The Kier molecular flexibility index (Phi) is 3.27. The van der Waals surface area contributed by atoms with E-state index in [1.54, 1.807) is 6.33 Å². The number of carbonyl (C=O) groups is 1. The molecule has 0 saturated carbocycles. The second-order valence-corrected chi connectivity index (χ2v) is 4.36. The zero-order chi connectivity index (χ0) is 12.3. The number of amides is 2. The van der Waals surface area contributed by atoms with Crippen LogP contribution in [0.25, 0.3) is 11.0 Å². The Morgan fingerprint density at radius 2 is 2.29 bits per heavy atom. The molecule has 1 aromatic heterocycles. The molecule has 0 bridgehead atoms. The molecule has 0 aliphatic heterocycles. The number of urea groups is 1. The molecule has 5 nitrogen and oxygen atoms in total. The Morgan fingerprint density at radius 3 is 3.06 bits per heavy atom. The van der Waals surface area contributed by atoms with Gasteiger partial charge in [0.25, 0.3) is 0 Å². The van der Waals surface area contributed by atoms with Gasteiger partial charge < -0.3 is 15.6 Å². The molecule has 17 heavy (non-hydrogen) atoms. The first kappa shape index (κ1) is 11.4. The van der Waals surface area contributed by atoms with Gasteiger partial charge in [-0.05, 0) is 24.1 Å². The van der Waals surface area contributed by atoms with Crippen molar-refractivity contribution in [3.05, 3.63) is 24.5 Å². The molecule has 0 atom stereocenters. The third-order valence-corrected chi connectivity index (χ3v) is 2.35. The molecule has 2 aromatic rings.